The number of carbonyl (C=O) groups is 1. The molecule has 1 fully saturated rings. The van der Waals surface area contributed by atoms with Gasteiger partial charge in [-0.2, -0.15) is 0 Å². The Morgan fingerprint density at radius 2 is 2.25 bits per heavy atom. The molecule has 0 aliphatic carbocycles. The Hall–Kier alpha value is -2.95. The Labute approximate surface area is 193 Å². The molecule has 0 saturated carbocycles. The summed E-state index contributed by atoms with van der Waals surface area (Å²) in [6.07, 6.45) is 2.11. The third kappa shape index (κ3) is 5.64. The van der Waals surface area contributed by atoms with Crippen LogP contribution in [0.15, 0.2) is 57.1 Å². The number of carbonyl (C=O) groups excluding carboxylic acids is 1. The van der Waals surface area contributed by atoms with Crippen LogP contribution in [0.5, 0.6) is 5.75 Å². The molecule has 3 aromatic rings. The van der Waals surface area contributed by atoms with Crippen molar-refractivity contribution in [2.24, 2.45) is 0 Å². The number of hydrogen-bond donors (Lipinski definition) is 1. The maximum Gasteiger partial charge on any atom is 0.284 e. The standard InChI is InChI=1S/C22H21N3O5S2/c1-14-13-31-22(23-14)32-20-8-7-15(10-19(20)25(27)28)21(26)24-16-4-2-5-17(11-16)30-12-18-6-3-9-29-18/h2,4-5,7-8,10-11,13,18H,3,6,9,12H2,1H3,(H,24,26). The van der Waals surface area contributed by atoms with Crippen molar-refractivity contribution in [3.8, 4) is 5.75 Å². The maximum absolute atomic E-state index is 12.7. The van der Waals surface area contributed by atoms with E-state index in [1.54, 1.807) is 30.3 Å². The van der Waals surface area contributed by atoms with Crippen molar-refractivity contribution in [2.45, 2.75) is 35.1 Å². The van der Waals surface area contributed by atoms with Gasteiger partial charge in [0.05, 0.1) is 15.9 Å². The number of nitrogens with zero attached hydrogens (tertiary/aromatic N) is 2. The minimum atomic E-state index is -0.487. The van der Waals surface area contributed by atoms with Crippen LogP contribution in [0, 0.1) is 17.0 Å². The highest BCUT2D eigenvalue weighted by atomic mass is 32.2. The lowest BCUT2D eigenvalue weighted by Crippen LogP contribution is -2.16. The predicted octanol–water partition coefficient (Wildman–Crippen LogP) is 5.32. The first kappa shape index (κ1) is 22.3. The van der Waals surface area contributed by atoms with E-state index in [4.69, 9.17) is 9.47 Å². The molecule has 166 valence electrons. The van der Waals surface area contributed by atoms with Gasteiger partial charge in [0.2, 0.25) is 0 Å². The molecule has 2 heterocycles. The molecular formula is C22H21N3O5S2. The van der Waals surface area contributed by atoms with Gasteiger partial charge in [-0.15, -0.1) is 11.3 Å². The van der Waals surface area contributed by atoms with E-state index < -0.39 is 10.8 Å². The molecule has 1 N–H and O–H groups in total. The number of anilines is 1. The van der Waals surface area contributed by atoms with Crippen LogP contribution < -0.4 is 10.1 Å². The Kier molecular flexibility index (Phi) is 7.03. The Morgan fingerprint density at radius 3 is 2.97 bits per heavy atom. The second kappa shape index (κ2) is 10.1. The van der Waals surface area contributed by atoms with E-state index in [1.165, 1.54) is 29.2 Å². The second-order valence-corrected chi connectivity index (χ2v) is 9.37. The van der Waals surface area contributed by atoms with Gasteiger partial charge >= 0.3 is 0 Å². The number of aryl methyl sites for hydroxylation is 1. The summed E-state index contributed by atoms with van der Waals surface area (Å²) in [6, 6.07) is 11.5. The van der Waals surface area contributed by atoms with Gasteiger partial charge in [-0.1, -0.05) is 17.8 Å². The summed E-state index contributed by atoms with van der Waals surface area (Å²) in [7, 11) is 0. The zero-order valence-corrected chi connectivity index (χ0v) is 18.9. The largest absolute Gasteiger partial charge is 0.491 e. The number of amides is 1. The second-order valence-electron chi connectivity index (χ2n) is 7.22. The molecule has 1 aromatic heterocycles. The van der Waals surface area contributed by atoms with Gasteiger partial charge in [-0.05, 0) is 44.0 Å². The predicted molar refractivity (Wildman–Crippen MR) is 123 cm³/mol. The van der Waals surface area contributed by atoms with Gasteiger partial charge in [0.25, 0.3) is 11.6 Å². The van der Waals surface area contributed by atoms with Crippen LogP contribution in [-0.2, 0) is 4.74 Å². The van der Waals surface area contributed by atoms with Gasteiger partial charge in [0.15, 0.2) is 4.34 Å². The topological polar surface area (TPSA) is 104 Å². The van der Waals surface area contributed by atoms with Crippen LogP contribution in [0.4, 0.5) is 11.4 Å². The summed E-state index contributed by atoms with van der Waals surface area (Å²) in [6.45, 7) is 3.09. The van der Waals surface area contributed by atoms with Crippen LogP contribution in [0.2, 0.25) is 0 Å². The molecule has 1 amide bonds. The zero-order chi connectivity index (χ0) is 22.5. The summed E-state index contributed by atoms with van der Waals surface area (Å²) in [4.78, 5) is 28.6. The SMILES string of the molecule is Cc1csc(Sc2ccc(C(=O)Nc3cccc(OCC4CCCO4)c3)cc2[N+](=O)[O-])n1. The first-order chi connectivity index (χ1) is 15.5. The van der Waals surface area contributed by atoms with Gasteiger partial charge < -0.3 is 14.8 Å². The first-order valence-electron chi connectivity index (χ1n) is 10.0. The molecule has 0 radical (unpaired) electrons. The Morgan fingerprint density at radius 1 is 1.38 bits per heavy atom. The van der Waals surface area contributed by atoms with Crippen LogP contribution in [0.3, 0.4) is 0 Å². The van der Waals surface area contributed by atoms with Crippen LogP contribution >= 0.6 is 23.1 Å². The van der Waals surface area contributed by atoms with Gasteiger partial charge in [-0.25, -0.2) is 4.98 Å². The van der Waals surface area contributed by atoms with E-state index in [1.807, 2.05) is 18.4 Å². The number of nitrogens with one attached hydrogen (secondary N) is 1. The van der Waals surface area contributed by atoms with Crippen molar-refractivity contribution in [2.75, 3.05) is 18.5 Å². The van der Waals surface area contributed by atoms with E-state index in [2.05, 4.69) is 10.3 Å². The summed E-state index contributed by atoms with van der Waals surface area (Å²) >= 11 is 2.63. The van der Waals surface area contributed by atoms with Crippen molar-refractivity contribution in [1.82, 2.24) is 4.98 Å². The summed E-state index contributed by atoms with van der Waals surface area (Å²) in [5, 5.41) is 16.3. The van der Waals surface area contributed by atoms with Crippen LogP contribution in [0.1, 0.15) is 28.9 Å². The molecule has 32 heavy (non-hydrogen) atoms. The zero-order valence-electron chi connectivity index (χ0n) is 17.3. The summed E-state index contributed by atoms with van der Waals surface area (Å²) < 4.78 is 12.0. The van der Waals surface area contributed by atoms with Crippen LogP contribution in [0.25, 0.3) is 0 Å². The highest BCUT2D eigenvalue weighted by Crippen LogP contribution is 2.37. The smallest absolute Gasteiger partial charge is 0.284 e. The quantitative estimate of drug-likeness (QED) is 0.350. The van der Waals surface area contributed by atoms with Crippen molar-refractivity contribution in [3.05, 3.63) is 69.2 Å². The third-order valence-corrected chi connectivity index (χ3v) is 6.89. The number of benzene rings is 2. The Balaban J connectivity index is 1.45. The van der Waals surface area contributed by atoms with E-state index in [0.717, 1.165) is 25.1 Å². The van der Waals surface area contributed by atoms with E-state index >= 15 is 0 Å². The first-order valence-corrected chi connectivity index (χ1v) is 11.7. The normalized spacial score (nSPS) is 15.5. The van der Waals surface area contributed by atoms with E-state index in [-0.39, 0.29) is 17.4 Å². The molecule has 10 heteroatoms. The third-order valence-electron chi connectivity index (χ3n) is 4.76. The fourth-order valence-electron chi connectivity index (χ4n) is 3.19. The number of hydrogen-bond acceptors (Lipinski definition) is 8. The molecule has 0 bridgehead atoms. The fourth-order valence-corrected chi connectivity index (χ4v) is 5.07. The lowest BCUT2D eigenvalue weighted by molar-refractivity contribution is -0.387. The van der Waals surface area contributed by atoms with Gasteiger partial charge in [-0.3, -0.25) is 14.9 Å². The lowest BCUT2D eigenvalue weighted by atomic mass is 10.2. The lowest BCUT2D eigenvalue weighted by Gasteiger charge is -2.12. The average molecular weight is 472 g/mol. The maximum atomic E-state index is 12.7. The molecule has 1 aliphatic heterocycles. The summed E-state index contributed by atoms with van der Waals surface area (Å²) in [5.41, 5.74) is 1.46. The molecule has 8 nitrogen and oxygen atoms in total. The number of rotatable bonds is 8. The molecular weight excluding hydrogens is 450 g/mol. The van der Waals surface area contributed by atoms with Crippen LogP contribution in [-0.4, -0.2) is 35.1 Å². The molecule has 2 aromatic carbocycles. The number of nitro groups is 1. The molecule has 1 saturated heterocycles. The number of aromatic nitrogens is 1. The van der Waals surface area contributed by atoms with Crippen molar-refractivity contribution in [3.63, 3.8) is 0 Å². The fraction of sp³-hybridized carbons (Fsp3) is 0.273. The summed E-state index contributed by atoms with van der Waals surface area (Å²) in [5.74, 6) is 0.181. The number of ether oxygens (including phenoxy) is 2. The molecule has 0 spiro atoms. The molecule has 1 atom stereocenters. The van der Waals surface area contributed by atoms with E-state index in [0.29, 0.717) is 27.3 Å². The van der Waals surface area contributed by atoms with Gasteiger partial charge in [0, 0.05) is 41.1 Å². The van der Waals surface area contributed by atoms with Crippen molar-refractivity contribution < 1.29 is 19.2 Å². The highest BCUT2D eigenvalue weighted by Gasteiger charge is 2.20. The van der Waals surface area contributed by atoms with Gasteiger partial charge in [0.1, 0.15) is 12.4 Å². The minimum Gasteiger partial charge on any atom is -0.491 e. The monoisotopic (exact) mass is 471 g/mol. The molecule has 4 rings (SSSR count). The molecule has 1 unspecified atom stereocenters. The minimum absolute atomic E-state index is 0.0958. The van der Waals surface area contributed by atoms with E-state index in [9.17, 15) is 14.9 Å². The van der Waals surface area contributed by atoms with Crippen molar-refractivity contribution >= 4 is 40.4 Å². The average Bonchev–Trinajstić information content (AvgIpc) is 3.44. The number of nitro benzene ring substituents is 1. The molecule has 1 aliphatic rings. The Bertz CT molecular complexity index is 1130. The van der Waals surface area contributed by atoms with Crippen molar-refractivity contribution in [1.29, 1.82) is 0 Å². The highest BCUT2D eigenvalue weighted by molar-refractivity contribution is 8.01. The number of thiazole rings is 1.